The summed E-state index contributed by atoms with van der Waals surface area (Å²) >= 11 is 7.67. The molecule has 0 radical (unpaired) electrons. The monoisotopic (exact) mass is 581 g/mol. The summed E-state index contributed by atoms with van der Waals surface area (Å²) in [6.45, 7) is 2.14. The number of rotatable bonds is 9. The van der Waals surface area contributed by atoms with Crippen LogP contribution in [0.3, 0.4) is 0 Å². The first kappa shape index (κ1) is 26.7. The Hall–Kier alpha value is -3.86. The van der Waals surface area contributed by atoms with Gasteiger partial charge >= 0.3 is 0 Å². The van der Waals surface area contributed by atoms with E-state index in [0.29, 0.717) is 43.1 Å². The second-order valence-electron chi connectivity index (χ2n) is 8.42. The minimum Gasteiger partial charge on any atom is -0.494 e. The van der Waals surface area contributed by atoms with Gasteiger partial charge in [-0.3, -0.25) is 14.0 Å². The summed E-state index contributed by atoms with van der Waals surface area (Å²) in [5.74, 6) is 0.719. The molecule has 5 rings (SSSR count). The van der Waals surface area contributed by atoms with E-state index in [-0.39, 0.29) is 23.9 Å². The van der Waals surface area contributed by atoms with E-state index in [0.717, 1.165) is 0 Å². The summed E-state index contributed by atoms with van der Waals surface area (Å²) in [7, 11) is -2.29. The predicted octanol–water partition coefficient (Wildman–Crippen LogP) is 6.61. The lowest BCUT2D eigenvalue weighted by molar-refractivity contribution is 0.0983. The van der Waals surface area contributed by atoms with Crippen LogP contribution in [0.15, 0.2) is 94.4 Å². The number of anilines is 2. The first-order valence-corrected chi connectivity index (χ1v) is 14.6. The minimum atomic E-state index is -3.84. The van der Waals surface area contributed by atoms with Gasteiger partial charge in [0.25, 0.3) is 15.9 Å². The van der Waals surface area contributed by atoms with Crippen molar-refractivity contribution < 1.29 is 22.4 Å². The molecule has 0 aliphatic rings. The first-order chi connectivity index (χ1) is 18.8. The molecule has 0 fully saturated rings. The fourth-order valence-corrected chi connectivity index (χ4v) is 6.87. The molecule has 1 amide bonds. The maximum atomic E-state index is 13.8. The van der Waals surface area contributed by atoms with Gasteiger partial charge in [-0.2, -0.15) is 0 Å². The third kappa shape index (κ3) is 5.23. The normalized spacial score (nSPS) is 11.5. The van der Waals surface area contributed by atoms with E-state index in [1.807, 2.05) is 6.07 Å². The number of aromatic nitrogens is 1. The second-order valence-corrected chi connectivity index (χ2v) is 11.7. The highest BCUT2D eigenvalue weighted by Gasteiger charge is 2.27. The molecule has 8 nitrogen and oxygen atoms in total. The number of methoxy groups -OCH3 is 1. The molecular formula is C28H24ClN3O5S2. The fourth-order valence-electron chi connectivity index (χ4n) is 4.14. The smallest absolute Gasteiger partial charge is 0.264 e. The zero-order valence-corrected chi connectivity index (χ0v) is 23.5. The highest BCUT2D eigenvalue weighted by atomic mass is 35.5. The lowest BCUT2D eigenvalue weighted by Gasteiger charge is -2.23. The summed E-state index contributed by atoms with van der Waals surface area (Å²) in [5.41, 5.74) is 1.40. The Labute approximate surface area is 235 Å². The van der Waals surface area contributed by atoms with Crippen molar-refractivity contribution in [3.63, 3.8) is 0 Å². The molecule has 0 unspecified atom stereocenters. The average molecular weight is 582 g/mol. The number of amides is 1. The van der Waals surface area contributed by atoms with Crippen molar-refractivity contribution in [2.75, 3.05) is 22.9 Å². The number of halogens is 1. The molecule has 0 aliphatic heterocycles. The maximum absolute atomic E-state index is 13.8. The van der Waals surface area contributed by atoms with Crippen LogP contribution >= 0.6 is 22.9 Å². The van der Waals surface area contributed by atoms with Gasteiger partial charge in [0.05, 0.1) is 40.2 Å². The van der Waals surface area contributed by atoms with Crippen LogP contribution in [-0.2, 0) is 16.6 Å². The van der Waals surface area contributed by atoms with E-state index in [1.54, 1.807) is 62.6 Å². The molecule has 0 saturated carbocycles. The molecule has 2 heterocycles. The van der Waals surface area contributed by atoms with Gasteiger partial charge in [-0.25, -0.2) is 13.4 Å². The quantitative estimate of drug-likeness (QED) is 0.194. The number of carbonyl (C=O) groups is 1. The zero-order valence-electron chi connectivity index (χ0n) is 21.1. The Balaban J connectivity index is 1.50. The van der Waals surface area contributed by atoms with Crippen LogP contribution in [-0.4, -0.2) is 33.0 Å². The van der Waals surface area contributed by atoms with Crippen LogP contribution in [0.25, 0.3) is 10.2 Å². The first-order valence-electron chi connectivity index (χ1n) is 12.0. The molecule has 3 aromatic carbocycles. The van der Waals surface area contributed by atoms with E-state index >= 15 is 0 Å². The van der Waals surface area contributed by atoms with Gasteiger partial charge in [-0.1, -0.05) is 41.1 Å². The van der Waals surface area contributed by atoms with E-state index < -0.39 is 10.0 Å². The highest BCUT2D eigenvalue weighted by molar-refractivity contribution is 7.92. The van der Waals surface area contributed by atoms with Crippen molar-refractivity contribution in [3.8, 4) is 5.75 Å². The molecule has 0 saturated heterocycles. The molecule has 0 atom stereocenters. The number of nitrogens with zero attached hydrogens (tertiary/aromatic N) is 3. The summed E-state index contributed by atoms with van der Waals surface area (Å²) in [6.07, 6.45) is 1.53. The van der Waals surface area contributed by atoms with Crippen molar-refractivity contribution in [1.82, 2.24) is 4.98 Å². The summed E-state index contributed by atoms with van der Waals surface area (Å²) in [4.78, 5) is 20.0. The number of hydrogen-bond donors (Lipinski definition) is 0. The Morgan fingerprint density at radius 2 is 1.77 bits per heavy atom. The maximum Gasteiger partial charge on any atom is 0.264 e. The molecule has 2 aromatic heterocycles. The van der Waals surface area contributed by atoms with Gasteiger partial charge in [0.2, 0.25) is 0 Å². The number of furan rings is 1. The standard InChI is InChI=1S/C28H24ClN3O5S2/c1-3-32(20-8-5-4-6-9-20)39(34,35)22-13-11-19(12-14-22)27(33)31(18-21-10-7-17-37-21)28-30-25-24(36-2)16-15-23(29)26(25)38-28/h4-17H,3,18H2,1-2H3. The van der Waals surface area contributed by atoms with Crippen LogP contribution in [0.4, 0.5) is 10.8 Å². The van der Waals surface area contributed by atoms with Crippen molar-refractivity contribution >= 4 is 59.9 Å². The number of fused-ring (bicyclic) bond motifs is 1. The Bertz CT molecular complexity index is 1700. The number of sulfonamides is 1. The number of hydrogen-bond acceptors (Lipinski definition) is 7. The topological polar surface area (TPSA) is 93.0 Å². The van der Waals surface area contributed by atoms with Crippen molar-refractivity contribution in [2.24, 2.45) is 0 Å². The molecule has 0 N–H and O–H groups in total. The third-order valence-electron chi connectivity index (χ3n) is 6.06. The molecule has 39 heavy (non-hydrogen) atoms. The van der Waals surface area contributed by atoms with E-state index in [9.17, 15) is 13.2 Å². The third-order valence-corrected chi connectivity index (χ3v) is 9.51. The van der Waals surface area contributed by atoms with Gasteiger partial charge < -0.3 is 9.15 Å². The summed E-state index contributed by atoms with van der Waals surface area (Å²) in [5, 5.41) is 0.893. The van der Waals surface area contributed by atoms with Crippen LogP contribution in [0.1, 0.15) is 23.0 Å². The van der Waals surface area contributed by atoms with Crippen LogP contribution in [0.2, 0.25) is 5.02 Å². The molecule has 0 bridgehead atoms. The highest BCUT2D eigenvalue weighted by Crippen LogP contribution is 2.39. The molecule has 11 heteroatoms. The molecular weight excluding hydrogens is 558 g/mol. The predicted molar refractivity (Wildman–Crippen MR) is 153 cm³/mol. The fraction of sp³-hybridized carbons (Fsp3) is 0.143. The minimum absolute atomic E-state index is 0.0823. The van der Waals surface area contributed by atoms with Crippen molar-refractivity contribution in [1.29, 1.82) is 0 Å². The molecule has 200 valence electrons. The number of benzene rings is 3. The average Bonchev–Trinajstić information content (AvgIpc) is 3.63. The SMILES string of the molecule is CCN(c1ccccc1)S(=O)(=O)c1ccc(C(=O)N(Cc2ccco2)c2nc3c(OC)ccc(Cl)c3s2)cc1. The van der Waals surface area contributed by atoms with Gasteiger partial charge in [-0.05, 0) is 67.6 Å². The number of para-hydroxylation sites is 1. The second kappa shape index (κ2) is 11.1. The number of carbonyl (C=O) groups excluding carboxylic acids is 1. The largest absolute Gasteiger partial charge is 0.494 e. The van der Waals surface area contributed by atoms with Gasteiger partial charge in [0.1, 0.15) is 17.0 Å². The van der Waals surface area contributed by atoms with E-state index in [1.165, 1.54) is 51.1 Å². The van der Waals surface area contributed by atoms with Gasteiger partial charge in [0, 0.05) is 12.1 Å². The number of ether oxygens (including phenoxy) is 1. The zero-order chi connectivity index (χ0) is 27.6. The number of thiazole rings is 1. The van der Waals surface area contributed by atoms with Crippen LogP contribution in [0, 0.1) is 0 Å². The van der Waals surface area contributed by atoms with Crippen LogP contribution < -0.4 is 13.9 Å². The molecule has 5 aromatic rings. The van der Waals surface area contributed by atoms with Gasteiger partial charge in [-0.15, -0.1) is 0 Å². The summed E-state index contributed by atoms with van der Waals surface area (Å²) in [6, 6.07) is 21.7. The van der Waals surface area contributed by atoms with Crippen LogP contribution in [0.5, 0.6) is 5.75 Å². The van der Waals surface area contributed by atoms with E-state index in [2.05, 4.69) is 4.98 Å². The van der Waals surface area contributed by atoms with Crippen molar-refractivity contribution in [3.05, 3.63) is 101 Å². The Kier molecular flexibility index (Phi) is 7.60. The lowest BCUT2D eigenvalue weighted by Crippen LogP contribution is -2.31. The molecule has 0 spiro atoms. The van der Waals surface area contributed by atoms with Gasteiger partial charge in [0.15, 0.2) is 5.13 Å². The van der Waals surface area contributed by atoms with E-state index in [4.69, 9.17) is 20.8 Å². The molecule has 0 aliphatic carbocycles. The lowest BCUT2D eigenvalue weighted by atomic mass is 10.2. The van der Waals surface area contributed by atoms with Crippen molar-refractivity contribution in [2.45, 2.75) is 18.4 Å². The summed E-state index contributed by atoms with van der Waals surface area (Å²) < 4.78 is 39.7. The Morgan fingerprint density at radius 1 is 1.03 bits per heavy atom. The Morgan fingerprint density at radius 3 is 2.41 bits per heavy atom.